The lowest BCUT2D eigenvalue weighted by Crippen LogP contribution is -3.08. The predicted octanol–water partition coefficient (Wildman–Crippen LogP) is 2.14. The molecule has 0 heterocycles. The summed E-state index contributed by atoms with van der Waals surface area (Å²) in [5.74, 6) is 0.167. The molecule has 2 N–H and O–H groups in total. The predicted molar refractivity (Wildman–Crippen MR) is 88.5 cm³/mol. The maximum Gasteiger partial charge on any atom is 0.279 e. The molecule has 0 spiro atoms. The van der Waals surface area contributed by atoms with Crippen LogP contribution in [0.25, 0.3) is 0 Å². The lowest BCUT2D eigenvalue weighted by atomic mass is 10.2. The van der Waals surface area contributed by atoms with Gasteiger partial charge < -0.3 is 15.0 Å². The van der Waals surface area contributed by atoms with Crippen LogP contribution in [0, 0.1) is 5.82 Å². The molecule has 2 aromatic rings. The Morgan fingerprint density at radius 2 is 2.09 bits per heavy atom. The van der Waals surface area contributed by atoms with E-state index < -0.39 is 0 Å². The number of carbonyl (C=O) groups excluding carboxylic acids is 1. The molecule has 1 unspecified atom stereocenters. The van der Waals surface area contributed by atoms with Gasteiger partial charge in [-0.15, -0.1) is 0 Å². The molecule has 0 fully saturated rings. The van der Waals surface area contributed by atoms with Gasteiger partial charge in [0.25, 0.3) is 5.91 Å². The fourth-order valence-corrected chi connectivity index (χ4v) is 2.51. The maximum atomic E-state index is 13.1. The summed E-state index contributed by atoms with van der Waals surface area (Å²) >= 11 is 6.01. The van der Waals surface area contributed by atoms with E-state index in [1.54, 1.807) is 31.4 Å². The minimum Gasteiger partial charge on any atom is -0.496 e. The fraction of sp³-hybridized carbons (Fsp3) is 0.235. The second-order valence-electron chi connectivity index (χ2n) is 5.33. The number of rotatable bonds is 6. The van der Waals surface area contributed by atoms with Gasteiger partial charge in [-0.25, -0.2) is 4.39 Å². The molecule has 0 aliphatic rings. The third-order valence-electron chi connectivity index (χ3n) is 3.31. The first-order chi connectivity index (χ1) is 11.0. The Labute approximate surface area is 139 Å². The van der Waals surface area contributed by atoms with Gasteiger partial charge in [-0.3, -0.25) is 4.79 Å². The number of hydrogen-bond acceptors (Lipinski definition) is 2. The van der Waals surface area contributed by atoms with E-state index in [1.807, 2.05) is 13.1 Å². The van der Waals surface area contributed by atoms with Crippen LogP contribution in [0.2, 0.25) is 5.02 Å². The van der Waals surface area contributed by atoms with Crippen LogP contribution in [0.15, 0.2) is 42.5 Å². The van der Waals surface area contributed by atoms with E-state index in [4.69, 9.17) is 16.3 Å². The van der Waals surface area contributed by atoms with Crippen LogP contribution in [0.5, 0.6) is 5.75 Å². The largest absolute Gasteiger partial charge is 0.496 e. The molecule has 0 saturated heterocycles. The highest BCUT2D eigenvalue weighted by atomic mass is 35.5. The Bertz CT molecular complexity index is 694. The second-order valence-corrected chi connectivity index (χ2v) is 5.76. The van der Waals surface area contributed by atoms with Gasteiger partial charge in [0.1, 0.15) is 18.1 Å². The van der Waals surface area contributed by atoms with Gasteiger partial charge in [-0.05, 0) is 36.4 Å². The van der Waals surface area contributed by atoms with Crippen molar-refractivity contribution in [1.29, 1.82) is 0 Å². The first-order valence-corrected chi connectivity index (χ1v) is 7.55. The summed E-state index contributed by atoms with van der Waals surface area (Å²) in [5, 5.41) is 3.31. The summed E-state index contributed by atoms with van der Waals surface area (Å²) in [7, 11) is 3.49. The molecule has 0 radical (unpaired) electrons. The van der Waals surface area contributed by atoms with Crippen molar-refractivity contribution in [3.63, 3.8) is 0 Å². The lowest BCUT2D eigenvalue weighted by molar-refractivity contribution is -0.885. The monoisotopic (exact) mass is 337 g/mol. The Balaban J connectivity index is 1.95. The summed E-state index contributed by atoms with van der Waals surface area (Å²) in [6.07, 6.45) is 0. The summed E-state index contributed by atoms with van der Waals surface area (Å²) in [6, 6.07) is 11.2. The molecule has 1 amide bonds. The number of nitrogens with one attached hydrogen (secondary N) is 2. The van der Waals surface area contributed by atoms with Gasteiger partial charge in [0, 0.05) is 16.3 Å². The van der Waals surface area contributed by atoms with Gasteiger partial charge in [-0.2, -0.15) is 0 Å². The SMILES string of the molecule is COc1ccc(Cl)cc1C[NH+](C)CC(=O)Nc1cccc(F)c1. The van der Waals surface area contributed by atoms with E-state index >= 15 is 0 Å². The van der Waals surface area contributed by atoms with Gasteiger partial charge >= 0.3 is 0 Å². The quantitative estimate of drug-likeness (QED) is 0.848. The highest BCUT2D eigenvalue weighted by Gasteiger charge is 2.14. The third kappa shape index (κ3) is 5.23. The number of amides is 1. The zero-order chi connectivity index (χ0) is 16.8. The first kappa shape index (κ1) is 17.2. The maximum absolute atomic E-state index is 13.1. The van der Waals surface area contributed by atoms with E-state index in [0.717, 1.165) is 16.2 Å². The average Bonchev–Trinajstić information content (AvgIpc) is 2.47. The van der Waals surface area contributed by atoms with Crippen molar-refractivity contribution >= 4 is 23.2 Å². The van der Waals surface area contributed by atoms with Crippen LogP contribution in [0.1, 0.15) is 5.56 Å². The topological polar surface area (TPSA) is 42.8 Å². The molecule has 0 aromatic heterocycles. The normalized spacial score (nSPS) is 11.8. The van der Waals surface area contributed by atoms with Crippen molar-refractivity contribution in [1.82, 2.24) is 0 Å². The van der Waals surface area contributed by atoms with E-state index in [9.17, 15) is 9.18 Å². The smallest absolute Gasteiger partial charge is 0.279 e. The molecule has 0 saturated carbocycles. The Hall–Kier alpha value is -2.11. The zero-order valence-electron chi connectivity index (χ0n) is 13.0. The number of halogens is 2. The standard InChI is InChI=1S/C17H18ClFN2O2/c1-21(10-12-8-13(18)6-7-16(12)23-2)11-17(22)20-15-5-3-4-14(19)9-15/h3-9H,10-11H2,1-2H3,(H,20,22)/p+1. The van der Waals surface area contributed by atoms with Gasteiger partial charge in [-0.1, -0.05) is 17.7 Å². The molecule has 2 aromatic carbocycles. The fourth-order valence-electron chi connectivity index (χ4n) is 2.32. The average molecular weight is 338 g/mol. The summed E-state index contributed by atoms with van der Waals surface area (Å²) in [4.78, 5) is 13.0. The first-order valence-electron chi connectivity index (χ1n) is 7.17. The number of quaternary nitrogens is 1. The van der Waals surface area contributed by atoms with Crippen LogP contribution in [0.3, 0.4) is 0 Å². The number of methoxy groups -OCH3 is 1. The number of benzene rings is 2. The van der Waals surface area contributed by atoms with Crippen LogP contribution < -0.4 is 15.0 Å². The summed E-state index contributed by atoms with van der Waals surface area (Å²) in [5.41, 5.74) is 1.37. The van der Waals surface area contributed by atoms with Crippen molar-refractivity contribution in [3.8, 4) is 5.75 Å². The van der Waals surface area contributed by atoms with Gasteiger partial charge in [0.2, 0.25) is 0 Å². The molecule has 122 valence electrons. The van der Waals surface area contributed by atoms with E-state index in [-0.39, 0.29) is 18.3 Å². The summed E-state index contributed by atoms with van der Waals surface area (Å²) in [6.45, 7) is 0.826. The molecular weight excluding hydrogens is 319 g/mol. The Morgan fingerprint density at radius 1 is 1.30 bits per heavy atom. The molecule has 4 nitrogen and oxygen atoms in total. The van der Waals surface area contributed by atoms with Crippen LogP contribution in [-0.2, 0) is 11.3 Å². The van der Waals surface area contributed by atoms with Crippen molar-refractivity contribution in [2.24, 2.45) is 0 Å². The number of hydrogen-bond donors (Lipinski definition) is 2. The number of carbonyl (C=O) groups is 1. The van der Waals surface area contributed by atoms with E-state index in [1.165, 1.54) is 12.1 Å². The molecule has 0 aliphatic heterocycles. The Kier molecular flexibility index (Phi) is 5.96. The molecule has 0 aliphatic carbocycles. The van der Waals surface area contributed by atoms with Crippen LogP contribution in [-0.4, -0.2) is 26.6 Å². The second kappa shape index (κ2) is 7.94. The molecule has 1 atom stereocenters. The van der Waals surface area contributed by atoms with E-state index in [0.29, 0.717) is 17.3 Å². The minimum absolute atomic E-state index is 0.186. The number of ether oxygens (including phenoxy) is 1. The van der Waals surface area contributed by atoms with Crippen molar-refractivity contribution < 1.29 is 18.8 Å². The highest BCUT2D eigenvalue weighted by Crippen LogP contribution is 2.21. The van der Waals surface area contributed by atoms with Gasteiger partial charge in [0.05, 0.1) is 14.2 Å². The zero-order valence-corrected chi connectivity index (χ0v) is 13.8. The molecule has 0 bridgehead atoms. The van der Waals surface area contributed by atoms with Gasteiger partial charge in [0.15, 0.2) is 6.54 Å². The minimum atomic E-state index is -0.382. The van der Waals surface area contributed by atoms with Crippen LogP contribution >= 0.6 is 11.6 Å². The third-order valence-corrected chi connectivity index (χ3v) is 3.54. The van der Waals surface area contributed by atoms with Crippen LogP contribution in [0.4, 0.5) is 10.1 Å². The lowest BCUT2D eigenvalue weighted by Gasteiger charge is -2.16. The van der Waals surface area contributed by atoms with Crippen molar-refractivity contribution in [3.05, 3.63) is 58.9 Å². The van der Waals surface area contributed by atoms with E-state index in [2.05, 4.69) is 5.32 Å². The van der Waals surface area contributed by atoms with Crippen molar-refractivity contribution in [2.75, 3.05) is 26.0 Å². The van der Waals surface area contributed by atoms with Crippen molar-refractivity contribution in [2.45, 2.75) is 6.54 Å². The Morgan fingerprint density at radius 3 is 2.78 bits per heavy atom. The summed E-state index contributed by atoms with van der Waals surface area (Å²) < 4.78 is 18.4. The molecule has 6 heteroatoms. The molecular formula is C17H19ClFN2O2+. The highest BCUT2D eigenvalue weighted by molar-refractivity contribution is 6.30. The number of likely N-dealkylation sites (N-methyl/N-ethyl adjacent to an activating group) is 1. The number of anilines is 1. The molecule has 23 heavy (non-hydrogen) atoms. The molecule has 2 rings (SSSR count).